The topological polar surface area (TPSA) is 12.0 Å². The molecule has 0 spiro atoms. The van der Waals surface area contributed by atoms with Crippen LogP contribution in [0.25, 0.3) is 0 Å². The first-order chi connectivity index (χ1) is 9.20. The van der Waals surface area contributed by atoms with Crippen molar-refractivity contribution in [1.82, 2.24) is 5.32 Å². The molecule has 4 heteroatoms. The van der Waals surface area contributed by atoms with Gasteiger partial charge in [0.15, 0.2) is 0 Å². The summed E-state index contributed by atoms with van der Waals surface area (Å²) in [6, 6.07) is 4.76. The van der Waals surface area contributed by atoms with Crippen LogP contribution < -0.4 is 5.32 Å². The third kappa shape index (κ3) is 4.37. The molecule has 0 bridgehead atoms. The van der Waals surface area contributed by atoms with Gasteiger partial charge in [0.1, 0.15) is 5.82 Å². The van der Waals surface area contributed by atoms with Gasteiger partial charge in [-0.15, -0.1) is 0 Å². The summed E-state index contributed by atoms with van der Waals surface area (Å²) >= 11 is 8.20. The lowest BCUT2D eigenvalue weighted by Gasteiger charge is -2.21. The van der Waals surface area contributed by atoms with Gasteiger partial charge in [0.2, 0.25) is 0 Å². The van der Waals surface area contributed by atoms with Crippen molar-refractivity contribution in [1.29, 1.82) is 0 Å². The number of halogens is 2. The molecule has 106 valence electrons. The quantitative estimate of drug-likeness (QED) is 0.809. The molecule has 0 aromatic heterocycles. The van der Waals surface area contributed by atoms with Gasteiger partial charge in [0.25, 0.3) is 0 Å². The Morgan fingerprint density at radius 1 is 1.42 bits per heavy atom. The summed E-state index contributed by atoms with van der Waals surface area (Å²) in [4.78, 5) is 0. The van der Waals surface area contributed by atoms with Crippen molar-refractivity contribution < 1.29 is 4.39 Å². The lowest BCUT2D eigenvalue weighted by Crippen LogP contribution is -2.24. The second-order valence-corrected chi connectivity index (χ2v) is 6.76. The highest BCUT2D eigenvalue weighted by molar-refractivity contribution is 7.99. The average molecular weight is 302 g/mol. The molecule has 1 nitrogen and oxygen atoms in total. The van der Waals surface area contributed by atoms with E-state index in [0.717, 1.165) is 23.1 Å². The Hall–Kier alpha value is -0.250. The first-order valence-corrected chi connectivity index (χ1v) is 8.43. The van der Waals surface area contributed by atoms with E-state index in [1.54, 1.807) is 12.1 Å². The number of rotatable bonds is 6. The summed E-state index contributed by atoms with van der Waals surface area (Å²) in [5.41, 5.74) is 0.883. The van der Waals surface area contributed by atoms with Crippen molar-refractivity contribution in [2.24, 2.45) is 0 Å². The molecule has 0 saturated heterocycles. The van der Waals surface area contributed by atoms with Gasteiger partial charge in [-0.3, -0.25) is 0 Å². The maximum absolute atomic E-state index is 13.4. The molecule has 0 aliphatic heterocycles. The summed E-state index contributed by atoms with van der Waals surface area (Å²) < 4.78 is 13.4. The molecule has 1 saturated carbocycles. The monoisotopic (exact) mass is 301 g/mol. The number of hydrogen-bond acceptors (Lipinski definition) is 2. The van der Waals surface area contributed by atoms with Crippen LogP contribution in [-0.2, 0) is 0 Å². The van der Waals surface area contributed by atoms with Crippen molar-refractivity contribution in [2.45, 2.75) is 43.9 Å². The van der Waals surface area contributed by atoms with Crippen LogP contribution in [0, 0.1) is 5.82 Å². The van der Waals surface area contributed by atoms with Gasteiger partial charge < -0.3 is 5.32 Å². The summed E-state index contributed by atoms with van der Waals surface area (Å²) in [7, 11) is 0. The molecular formula is C15H21ClFNS. The molecule has 2 rings (SSSR count). The molecule has 1 fully saturated rings. The molecule has 1 aliphatic carbocycles. The van der Waals surface area contributed by atoms with Gasteiger partial charge in [0.05, 0.1) is 0 Å². The van der Waals surface area contributed by atoms with E-state index in [4.69, 9.17) is 11.6 Å². The molecular weight excluding hydrogens is 281 g/mol. The van der Waals surface area contributed by atoms with Crippen LogP contribution in [0.4, 0.5) is 4.39 Å². The highest BCUT2D eigenvalue weighted by atomic mass is 35.5. The van der Waals surface area contributed by atoms with Gasteiger partial charge in [-0.1, -0.05) is 31.4 Å². The first kappa shape index (κ1) is 15.1. The zero-order valence-electron chi connectivity index (χ0n) is 11.3. The van der Waals surface area contributed by atoms with Crippen LogP contribution in [0.1, 0.15) is 44.2 Å². The average Bonchev–Trinajstić information content (AvgIpc) is 2.91. The van der Waals surface area contributed by atoms with Crippen molar-refractivity contribution >= 4 is 23.4 Å². The van der Waals surface area contributed by atoms with E-state index in [1.807, 2.05) is 11.8 Å². The summed E-state index contributed by atoms with van der Waals surface area (Å²) in [5.74, 6) is 0.745. The zero-order valence-corrected chi connectivity index (χ0v) is 12.9. The minimum Gasteiger partial charge on any atom is -0.309 e. The van der Waals surface area contributed by atoms with Crippen molar-refractivity contribution in [3.05, 3.63) is 34.6 Å². The van der Waals surface area contributed by atoms with Gasteiger partial charge in [-0.05, 0) is 43.1 Å². The Balaban J connectivity index is 2.03. The van der Waals surface area contributed by atoms with Crippen LogP contribution in [0.2, 0.25) is 5.02 Å². The van der Waals surface area contributed by atoms with Crippen LogP contribution in [0.15, 0.2) is 18.2 Å². The first-order valence-electron chi connectivity index (χ1n) is 7.00. The number of nitrogens with one attached hydrogen (secondary N) is 1. The Kier molecular flexibility index (Phi) is 5.99. The largest absolute Gasteiger partial charge is 0.309 e. The second-order valence-electron chi connectivity index (χ2n) is 5.02. The molecule has 1 N–H and O–H groups in total. The normalized spacial score (nSPS) is 17.8. The predicted molar refractivity (Wildman–Crippen MR) is 82.5 cm³/mol. The van der Waals surface area contributed by atoms with E-state index in [9.17, 15) is 4.39 Å². The maximum Gasteiger partial charge on any atom is 0.123 e. The molecule has 1 atom stereocenters. The Bertz CT molecular complexity index is 407. The van der Waals surface area contributed by atoms with Crippen molar-refractivity contribution in [3.8, 4) is 0 Å². The smallest absolute Gasteiger partial charge is 0.123 e. The zero-order chi connectivity index (χ0) is 13.7. The maximum atomic E-state index is 13.4. The summed E-state index contributed by atoms with van der Waals surface area (Å²) in [6.45, 7) is 2.93. The van der Waals surface area contributed by atoms with E-state index >= 15 is 0 Å². The molecule has 0 radical (unpaired) electrons. The van der Waals surface area contributed by atoms with Gasteiger partial charge in [0, 0.05) is 22.1 Å². The van der Waals surface area contributed by atoms with Crippen LogP contribution >= 0.6 is 23.4 Å². The molecule has 1 aliphatic rings. The highest BCUT2D eigenvalue weighted by Crippen LogP contribution is 2.33. The number of thioether (sulfide) groups is 1. The lowest BCUT2D eigenvalue weighted by molar-refractivity contribution is 0.588. The fourth-order valence-electron chi connectivity index (χ4n) is 2.57. The van der Waals surface area contributed by atoms with E-state index in [-0.39, 0.29) is 11.9 Å². The van der Waals surface area contributed by atoms with Crippen LogP contribution in [0.5, 0.6) is 0 Å². The minimum atomic E-state index is -0.215. The van der Waals surface area contributed by atoms with Gasteiger partial charge >= 0.3 is 0 Å². The second kappa shape index (κ2) is 7.51. The Labute approximate surface area is 124 Å². The molecule has 0 heterocycles. The standard InChI is InChI=1S/C15H21ClFNS/c1-2-18-15(10-19-12-5-3-4-6-12)13-9-11(17)7-8-14(13)16/h7-9,12,15,18H,2-6,10H2,1H3. The molecule has 1 unspecified atom stereocenters. The van der Waals surface area contributed by atoms with E-state index < -0.39 is 0 Å². The molecule has 0 amide bonds. The Morgan fingerprint density at radius 2 is 2.16 bits per heavy atom. The third-order valence-corrected chi connectivity index (χ3v) is 5.40. The molecule has 1 aromatic rings. The highest BCUT2D eigenvalue weighted by Gasteiger charge is 2.20. The van der Waals surface area contributed by atoms with Crippen molar-refractivity contribution in [3.63, 3.8) is 0 Å². The summed E-state index contributed by atoms with van der Waals surface area (Å²) in [6.07, 6.45) is 5.34. The van der Waals surface area contributed by atoms with Crippen LogP contribution in [-0.4, -0.2) is 17.5 Å². The van der Waals surface area contributed by atoms with E-state index in [1.165, 1.54) is 31.7 Å². The Morgan fingerprint density at radius 3 is 2.84 bits per heavy atom. The fourth-order valence-corrected chi connectivity index (χ4v) is 4.25. The predicted octanol–water partition coefficient (Wildman–Crippen LogP) is 4.81. The van der Waals surface area contributed by atoms with Gasteiger partial charge in [-0.25, -0.2) is 4.39 Å². The lowest BCUT2D eigenvalue weighted by atomic mass is 10.1. The van der Waals surface area contributed by atoms with E-state index in [2.05, 4.69) is 12.2 Å². The summed E-state index contributed by atoms with van der Waals surface area (Å²) in [5, 5.41) is 4.84. The van der Waals surface area contributed by atoms with Crippen molar-refractivity contribution in [2.75, 3.05) is 12.3 Å². The third-order valence-electron chi connectivity index (χ3n) is 3.58. The SMILES string of the molecule is CCNC(CSC1CCCC1)c1cc(F)ccc1Cl. The number of hydrogen-bond donors (Lipinski definition) is 1. The minimum absolute atomic E-state index is 0.138. The van der Waals surface area contributed by atoms with E-state index in [0.29, 0.717) is 5.02 Å². The molecule has 1 aromatic carbocycles. The van der Waals surface area contributed by atoms with Gasteiger partial charge in [-0.2, -0.15) is 11.8 Å². The number of benzene rings is 1. The van der Waals surface area contributed by atoms with Crippen LogP contribution in [0.3, 0.4) is 0 Å². The molecule has 19 heavy (non-hydrogen) atoms. The fraction of sp³-hybridized carbons (Fsp3) is 0.600.